The lowest BCUT2D eigenvalue weighted by atomic mass is 9.93. The first-order valence-corrected chi connectivity index (χ1v) is 10.6. The molecule has 3 aromatic rings. The van der Waals surface area contributed by atoms with E-state index < -0.39 is 55.2 Å². The number of para-hydroxylation sites is 1. The highest BCUT2D eigenvalue weighted by Gasteiger charge is 2.69. The molecule has 1 aliphatic rings. The number of anilines is 2. The molecule has 1 aromatic heterocycles. The maximum Gasteiger partial charge on any atom is 0.421 e. The van der Waals surface area contributed by atoms with Gasteiger partial charge in [-0.15, -0.1) is 0 Å². The van der Waals surface area contributed by atoms with Crippen LogP contribution in [0.2, 0.25) is 0 Å². The third-order valence-corrected chi connectivity index (χ3v) is 6.44. The van der Waals surface area contributed by atoms with E-state index in [0.29, 0.717) is 4.57 Å². The van der Waals surface area contributed by atoms with Crippen LogP contribution in [0.5, 0.6) is 0 Å². The molecule has 0 radical (unpaired) electrons. The first-order valence-electron chi connectivity index (χ1n) is 9.11. The fourth-order valence-electron chi connectivity index (χ4n) is 3.47. The molecular formula is C19H14F3N5O5S. The Bertz CT molecular complexity index is 1480. The molecule has 14 heteroatoms. The number of aromatic amines is 1. The predicted octanol–water partition coefficient (Wildman–Crippen LogP) is 0.796. The molecule has 5 N–H and O–H groups in total. The van der Waals surface area contributed by atoms with E-state index in [1.54, 1.807) is 11.1 Å². The number of nitrogens with zero attached hydrogens (tertiary/aromatic N) is 1. The number of aromatic nitrogens is 2. The normalized spacial score (nSPS) is 18.1. The smallest absolute Gasteiger partial charge is 0.399 e. The van der Waals surface area contributed by atoms with E-state index in [2.05, 4.69) is 0 Å². The van der Waals surface area contributed by atoms with Crippen molar-refractivity contribution in [3.05, 3.63) is 81.0 Å². The Kier molecular flexibility index (Phi) is 4.94. The van der Waals surface area contributed by atoms with E-state index in [4.69, 9.17) is 5.73 Å². The molecule has 172 valence electrons. The van der Waals surface area contributed by atoms with E-state index in [1.807, 2.05) is 5.32 Å². The average molecular weight is 481 g/mol. The van der Waals surface area contributed by atoms with Gasteiger partial charge in [-0.1, -0.05) is 18.2 Å². The van der Waals surface area contributed by atoms with E-state index >= 15 is 0 Å². The molecule has 1 atom stereocenters. The van der Waals surface area contributed by atoms with Gasteiger partial charge in [0.25, 0.3) is 11.5 Å². The number of H-pyrrole nitrogens is 1. The number of nitrogen functional groups attached to an aromatic ring is 1. The monoisotopic (exact) mass is 481 g/mol. The van der Waals surface area contributed by atoms with Gasteiger partial charge in [0, 0.05) is 5.69 Å². The highest BCUT2D eigenvalue weighted by Crippen LogP contribution is 2.46. The number of fused-ring (bicyclic) bond motifs is 1. The van der Waals surface area contributed by atoms with Crippen molar-refractivity contribution in [3.63, 3.8) is 0 Å². The van der Waals surface area contributed by atoms with Crippen LogP contribution in [0, 0.1) is 0 Å². The summed E-state index contributed by atoms with van der Waals surface area (Å²) in [6, 6.07) is 11.3. The van der Waals surface area contributed by atoms with E-state index in [0.717, 1.165) is 24.3 Å². The highest BCUT2D eigenvalue weighted by molar-refractivity contribution is 7.89. The number of halogens is 3. The number of hydrogen-bond donors (Lipinski definition) is 4. The van der Waals surface area contributed by atoms with Crippen molar-refractivity contribution in [2.75, 3.05) is 11.1 Å². The fourth-order valence-corrected chi connectivity index (χ4v) is 4.80. The molecule has 2 heterocycles. The molecule has 33 heavy (non-hydrogen) atoms. The van der Waals surface area contributed by atoms with Gasteiger partial charge in [-0.3, -0.25) is 14.6 Å². The number of benzene rings is 2. The molecular weight excluding hydrogens is 467 g/mol. The predicted molar refractivity (Wildman–Crippen MR) is 110 cm³/mol. The Hall–Kier alpha value is -3.91. The summed E-state index contributed by atoms with van der Waals surface area (Å²) in [4.78, 5) is 38.9. The van der Waals surface area contributed by atoms with Crippen molar-refractivity contribution in [1.29, 1.82) is 0 Å². The van der Waals surface area contributed by atoms with Crippen LogP contribution in [-0.4, -0.2) is 30.1 Å². The van der Waals surface area contributed by atoms with E-state index in [9.17, 15) is 36.0 Å². The van der Waals surface area contributed by atoms with Gasteiger partial charge in [-0.2, -0.15) is 17.9 Å². The quantitative estimate of drug-likeness (QED) is 0.404. The number of sulfonamides is 1. The highest BCUT2D eigenvalue weighted by atomic mass is 32.2. The summed E-state index contributed by atoms with van der Waals surface area (Å²) in [6.45, 7) is 0. The Morgan fingerprint density at radius 2 is 1.58 bits per heavy atom. The number of rotatable bonds is 4. The standard InChI is InChI=1S/C19H14F3N5O5S/c20-19(21,22)18(26-33(31,32)12-8-6-10(23)7-9-12)13-14(24-16(18)29)27(17(30)25-15(13)28)11-4-2-1-3-5-11/h1-9,26H,23H2,(H,24,29)(H,25,28,30). The third-order valence-electron chi connectivity index (χ3n) is 4.98. The average Bonchev–Trinajstić information content (AvgIpc) is 3.01. The topological polar surface area (TPSA) is 156 Å². The SMILES string of the molecule is Nc1ccc(S(=O)(=O)NC2(C(F)(F)F)C(=O)Nc3c2c(=O)[nH]c(=O)n3-c2ccccc2)cc1. The van der Waals surface area contributed by atoms with E-state index in [1.165, 1.54) is 29.0 Å². The number of nitrogens with one attached hydrogen (secondary N) is 3. The molecule has 0 spiro atoms. The zero-order valence-electron chi connectivity index (χ0n) is 16.3. The fraction of sp³-hybridized carbons (Fsp3) is 0.105. The molecule has 0 saturated heterocycles. The van der Waals surface area contributed by atoms with Crippen molar-refractivity contribution in [1.82, 2.24) is 14.3 Å². The zero-order valence-corrected chi connectivity index (χ0v) is 17.1. The van der Waals surface area contributed by atoms with Crippen LogP contribution in [0.15, 0.2) is 69.1 Å². The van der Waals surface area contributed by atoms with Crippen molar-refractivity contribution in [2.24, 2.45) is 0 Å². The van der Waals surface area contributed by atoms with Crippen LogP contribution in [0.4, 0.5) is 24.7 Å². The van der Waals surface area contributed by atoms with Crippen LogP contribution < -0.4 is 27.0 Å². The van der Waals surface area contributed by atoms with Gasteiger partial charge in [-0.05, 0) is 36.4 Å². The maximum absolute atomic E-state index is 14.4. The molecule has 1 unspecified atom stereocenters. The number of nitrogens with two attached hydrogens (primary N) is 1. The maximum atomic E-state index is 14.4. The van der Waals surface area contributed by atoms with Gasteiger partial charge in [-0.25, -0.2) is 17.8 Å². The van der Waals surface area contributed by atoms with Gasteiger partial charge in [0.15, 0.2) is 0 Å². The van der Waals surface area contributed by atoms with Crippen molar-refractivity contribution >= 4 is 27.4 Å². The summed E-state index contributed by atoms with van der Waals surface area (Å²) in [5, 5.41) is 1.86. The zero-order chi connectivity index (χ0) is 24.2. The molecule has 0 bridgehead atoms. The second kappa shape index (κ2) is 7.31. The van der Waals surface area contributed by atoms with E-state index in [-0.39, 0.29) is 11.4 Å². The van der Waals surface area contributed by atoms with Gasteiger partial charge < -0.3 is 11.1 Å². The van der Waals surface area contributed by atoms with Crippen molar-refractivity contribution < 1.29 is 26.4 Å². The number of carbonyl (C=O) groups is 1. The minimum atomic E-state index is -5.62. The van der Waals surface area contributed by atoms with Crippen LogP contribution in [-0.2, 0) is 20.4 Å². The third kappa shape index (κ3) is 3.39. The van der Waals surface area contributed by atoms with Crippen LogP contribution in [0.25, 0.3) is 5.69 Å². The summed E-state index contributed by atoms with van der Waals surface area (Å²) >= 11 is 0. The molecule has 2 aromatic carbocycles. The summed E-state index contributed by atoms with van der Waals surface area (Å²) in [5.41, 5.74) is -2.40. The summed E-state index contributed by atoms with van der Waals surface area (Å²) in [6.07, 6.45) is -5.62. The first kappa shape index (κ1) is 22.3. The van der Waals surface area contributed by atoms with Crippen LogP contribution in [0.3, 0.4) is 0 Å². The lowest BCUT2D eigenvalue weighted by molar-refractivity contribution is -0.194. The minimum absolute atomic E-state index is 0.0228. The Morgan fingerprint density at radius 3 is 2.15 bits per heavy atom. The lowest BCUT2D eigenvalue weighted by Gasteiger charge is -2.29. The lowest BCUT2D eigenvalue weighted by Crippen LogP contribution is -2.61. The van der Waals surface area contributed by atoms with Gasteiger partial charge >= 0.3 is 11.9 Å². The molecule has 1 amide bonds. The van der Waals surface area contributed by atoms with Crippen LogP contribution in [0.1, 0.15) is 5.56 Å². The molecule has 4 rings (SSSR count). The minimum Gasteiger partial charge on any atom is -0.399 e. The molecule has 0 fully saturated rings. The number of amides is 1. The van der Waals surface area contributed by atoms with Gasteiger partial charge in [0.05, 0.1) is 16.1 Å². The second-order valence-corrected chi connectivity index (χ2v) is 8.71. The largest absolute Gasteiger partial charge is 0.421 e. The molecule has 1 aliphatic heterocycles. The number of carbonyl (C=O) groups excluding carboxylic acids is 1. The Labute approximate surface area is 182 Å². The van der Waals surface area contributed by atoms with Gasteiger partial charge in [0.1, 0.15) is 5.82 Å². The van der Waals surface area contributed by atoms with Gasteiger partial charge in [0.2, 0.25) is 15.6 Å². The molecule has 0 aliphatic carbocycles. The molecule has 10 nitrogen and oxygen atoms in total. The second-order valence-electron chi connectivity index (χ2n) is 7.03. The first-order chi connectivity index (χ1) is 15.4. The number of hydrogen-bond acceptors (Lipinski definition) is 6. The van der Waals surface area contributed by atoms with Crippen LogP contribution >= 0.6 is 0 Å². The molecule has 0 saturated carbocycles. The van der Waals surface area contributed by atoms with Crippen molar-refractivity contribution in [2.45, 2.75) is 16.6 Å². The summed E-state index contributed by atoms with van der Waals surface area (Å²) < 4.78 is 70.9. The Balaban J connectivity index is 2.02. The Morgan fingerprint density at radius 1 is 0.970 bits per heavy atom. The summed E-state index contributed by atoms with van der Waals surface area (Å²) in [5.74, 6) is -2.71. The summed E-state index contributed by atoms with van der Waals surface area (Å²) in [7, 11) is -5.01. The van der Waals surface area contributed by atoms with Crippen molar-refractivity contribution in [3.8, 4) is 5.69 Å². The number of alkyl halides is 3.